The number of alkyl halides is 6. The van der Waals surface area contributed by atoms with Crippen LogP contribution in [0.1, 0.15) is 24.0 Å². The van der Waals surface area contributed by atoms with Gasteiger partial charge in [0.25, 0.3) is 0 Å². The average molecular weight is 504 g/mol. The van der Waals surface area contributed by atoms with E-state index in [0.29, 0.717) is 0 Å². The van der Waals surface area contributed by atoms with Crippen molar-refractivity contribution in [3.63, 3.8) is 0 Å². The molecular formula is C19H16ClF6NO4S. The van der Waals surface area contributed by atoms with E-state index in [9.17, 15) is 39.9 Å². The predicted octanol–water partition coefficient (Wildman–Crippen LogP) is 4.93. The van der Waals surface area contributed by atoms with E-state index in [0.717, 1.165) is 40.7 Å². The first kappa shape index (κ1) is 24.6. The molecule has 1 aliphatic heterocycles. The number of sulfonamides is 1. The Labute approximate surface area is 184 Å². The van der Waals surface area contributed by atoms with Gasteiger partial charge in [-0.25, -0.2) is 8.42 Å². The largest absolute Gasteiger partial charge is 0.573 e. The van der Waals surface area contributed by atoms with Gasteiger partial charge in [-0.15, -0.1) is 13.2 Å². The lowest BCUT2D eigenvalue weighted by atomic mass is 9.84. The van der Waals surface area contributed by atoms with Crippen molar-refractivity contribution in [2.24, 2.45) is 0 Å². The number of halogens is 7. The molecule has 0 atom stereocenters. The van der Waals surface area contributed by atoms with Crippen molar-refractivity contribution in [2.45, 2.75) is 35.9 Å². The molecule has 0 aliphatic carbocycles. The molecule has 1 fully saturated rings. The number of hydrogen-bond acceptors (Lipinski definition) is 4. The highest BCUT2D eigenvalue weighted by Crippen LogP contribution is 2.40. The first-order chi connectivity index (χ1) is 14.6. The molecule has 0 aromatic heterocycles. The molecule has 2 aromatic carbocycles. The zero-order valence-corrected chi connectivity index (χ0v) is 17.6. The summed E-state index contributed by atoms with van der Waals surface area (Å²) >= 11 is 5.60. The van der Waals surface area contributed by atoms with Crippen LogP contribution in [0.15, 0.2) is 47.4 Å². The first-order valence-corrected chi connectivity index (χ1v) is 10.9. The molecule has 176 valence electrons. The number of ether oxygens (including phenoxy) is 1. The van der Waals surface area contributed by atoms with E-state index in [1.54, 1.807) is 0 Å². The summed E-state index contributed by atoms with van der Waals surface area (Å²) in [4.78, 5) is -0.289. The van der Waals surface area contributed by atoms with E-state index in [4.69, 9.17) is 11.6 Å². The van der Waals surface area contributed by atoms with Crippen LogP contribution in [0.25, 0.3) is 0 Å². The fourth-order valence-electron chi connectivity index (χ4n) is 3.38. The number of benzene rings is 2. The molecule has 0 amide bonds. The van der Waals surface area contributed by atoms with Crippen LogP contribution >= 0.6 is 11.6 Å². The highest BCUT2D eigenvalue weighted by molar-refractivity contribution is 7.89. The van der Waals surface area contributed by atoms with E-state index in [-0.39, 0.29) is 36.4 Å². The molecule has 2 aromatic rings. The molecule has 0 unspecified atom stereocenters. The Balaban J connectivity index is 1.76. The molecule has 0 spiro atoms. The van der Waals surface area contributed by atoms with Crippen LogP contribution in [0.4, 0.5) is 26.3 Å². The summed E-state index contributed by atoms with van der Waals surface area (Å²) < 4.78 is 106. The topological polar surface area (TPSA) is 66.8 Å². The highest BCUT2D eigenvalue weighted by atomic mass is 35.5. The smallest absolute Gasteiger partial charge is 0.406 e. The lowest BCUT2D eigenvalue weighted by Crippen LogP contribution is -2.45. The average Bonchev–Trinajstić information content (AvgIpc) is 2.67. The summed E-state index contributed by atoms with van der Waals surface area (Å²) in [6.07, 6.45) is -10.0. The summed E-state index contributed by atoms with van der Waals surface area (Å²) in [6, 6.07) is 6.62. The Morgan fingerprint density at radius 2 is 1.53 bits per heavy atom. The quantitative estimate of drug-likeness (QED) is 0.601. The van der Waals surface area contributed by atoms with Crippen molar-refractivity contribution in [3.05, 3.63) is 58.6 Å². The molecule has 1 aliphatic rings. The van der Waals surface area contributed by atoms with Crippen molar-refractivity contribution in [1.29, 1.82) is 0 Å². The number of nitrogens with zero attached hydrogens (tertiary/aromatic N) is 1. The zero-order valence-electron chi connectivity index (χ0n) is 16.0. The van der Waals surface area contributed by atoms with Gasteiger partial charge in [-0.05, 0) is 54.8 Å². The van der Waals surface area contributed by atoms with Gasteiger partial charge in [0.2, 0.25) is 10.0 Å². The lowest BCUT2D eigenvalue weighted by Gasteiger charge is -2.38. The predicted molar refractivity (Wildman–Crippen MR) is 101 cm³/mol. The fourth-order valence-corrected chi connectivity index (χ4v) is 5.05. The van der Waals surface area contributed by atoms with Crippen molar-refractivity contribution in [1.82, 2.24) is 4.31 Å². The lowest BCUT2D eigenvalue weighted by molar-refractivity contribution is -0.274. The van der Waals surface area contributed by atoms with Gasteiger partial charge in [0.1, 0.15) is 5.75 Å². The van der Waals surface area contributed by atoms with Crippen molar-refractivity contribution in [3.8, 4) is 5.75 Å². The monoisotopic (exact) mass is 503 g/mol. The number of piperidine rings is 1. The zero-order chi connectivity index (χ0) is 23.9. The van der Waals surface area contributed by atoms with Crippen LogP contribution in [0.5, 0.6) is 5.75 Å². The third-order valence-corrected chi connectivity index (χ3v) is 7.30. The van der Waals surface area contributed by atoms with Crippen LogP contribution < -0.4 is 4.74 Å². The molecule has 1 heterocycles. The maximum atomic E-state index is 13.1. The summed E-state index contributed by atoms with van der Waals surface area (Å²) in [5, 5.41) is 10.3. The van der Waals surface area contributed by atoms with Crippen molar-refractivity contribution >= 4 is 21.6 Å². The molecule has 3 rings (SSSR count). The van der Waals surface area contributed by atoms with E-state index < -0.39 is 44.5 Å². The molecule has 0 saturated carbocycles. The summed E-state index contributed by atoms with van der Waals surface area (Å²) in [6.45, 7) is -0.437. The third-order valence-electron chi connectivity index (χ3n) is 5.05. The van der Waals surface area contributed by atoms with Crippen molar-refractivity contribution in [2.75, 3.05) is 13.1 Å². The Morgan fingerprint density at radius 1 is 0.969 bits per heavy atom. The van der Waals surface area contributed by atoms with Gasteiger partial charge in [0.05, 0.1) is 21.1 Å². The molecule has 5 nitrogen and oxygen atoms in total. The molecule has 13 heteroatoms. The van der Waals surface area contributed by atoms with Gasteiger partial charge in [-0.2, -0.15) is 17.5 Å². The van der Waals surface area contributed by atoms with Gasteiger partial charge < -0.3 is 9.84 Å². The fraction of sp³-hybridized carbons (Fsp3) is 0.368. The first-order valence-electron chi connectivity index (χ1n) is 9.07. The van der Waals surface area contributed by atoms with E-state index >= 15 is 0 Å². The minimum Gasteiger partial charge on any atom is -0.406 e. The number of aliphatic hydroxyl groups is 1. The number of rotatable bonds is 4. The molecule has 0 bridgehead atoms. The van der Waals surface area contributed by atoms with Gasteiger partial charge in [0, 0.05) is 13.1 Å². The Bertz CT molecular complexity index is 1080. The minimum absolute atomic E-state index is 0.0417. The van der Waals surface area contributed by atoms with Crippen LogP contribution in [0.3, 0.4) is 0 Å². The van der Waals surface area contributed by atoms with Gasteiger partial charge >= 0.3 is 12.5 Å². The molecule has 0 radical (unpaired) electrons. The third kappa shape index (κ3) is 5.30. The summed E-state index contributed by atoms with van der Waals surface area (Å²) in [7, 11) is -4.11. The van der Waals surface area contributed by atoms with Crippen LogP contribution in [-0.2, 0) is 21.8 Å². The Kier molecular flexibility index (Phi) is 6.46. The molecular weight excluding hydrogens is 488 g/mol. The molecule has 1 N–H and O–H groups in total. The summed E-state index contributed by atoms with van der Waals surface area (Å²) in [5.41, 5.74) is -2.86. The maximum Gasteiger partial charge on any atom is 0.573 e. The summed E-state index contributed by atoms with van der Waals surface area (Å²) in [5.74, 6) is -0.590. The second-order valence-corrected chi connectivity index (χ2v) is 9.49. The van der Waals surface area contributed by atoms with Gasteiger partial charge in [-0.1, -0.05) is 17.7 Å². The normalized spacial score (nSPS) is 17.9. The standard InChI is InChI=1S/C19H16ClF6NO4S/c20-16-6-1-12(11-15(16)18(21,22)23)17(28)7-9-27(10-8-17)32(29,30)14-4-2-13(3-5-14)31-19(24,25)26/h1-6,11,28H,7-10H2. The maximum absolute atomic E-state index is 13.1. The van der Waals surface area contributed by atoms with Crippen LogP contribution in [0.2, 0.25) is 5.02 Å². The van der Waals surface area contributed by atoms with E-state index in [1.165, 1.54) is 6.07 Å². The SMILES string of the molecule is O=S(=O)(c1ccc(OC(F)(F)F)cc1)N1CCC(O)(c2ccc(Cl)c(C(F)(F)F)c2)CC1. The van der Waals surface area contributed by atoms with E-state index in [2.05, 4.69) is 4.74 Å². The highest BCUT2D eigenvalue weighted by Gasteiger charge is 2.41. The minimum atomic E-state index is -4.93. The molecule has 32 heavy (non-hydrogen) atoms. The van der Waals surface area contributed by atoms with Crippen LogP contribution in [-0.4, -0.2) is 37.3 Å². The van der Waals surface area contributed by atoms with E-state index in [1.807, 2.05) is 0 Å². The second kappa shape index (κ2) is 8.40. The Morgan fingerprint density at radius 3 is 2.03 bits per heavy atom. The van der Waals surface area contributed by atoms with Gasteiger partial charge in [0.15, 0.2) is 0 Å². The Hall–Kier alpha value is -2.02. The number of hydrogen-bond donors (Lipinski definition) is 1. The van der Waals surface area contributed by atoms with Gasteiger partial charge in [-0.3, -0.25) is 0 Å². The second-order valence-electron chi connectivity index (χ2n) is 7.15. The molecule has 1 saturated heterocycles. The van der Waals surface area contributed by atoms with Crippen molar-refractivity contribution < 1.29 is 44.6 Å². The van der Waals surface area contributed by atoms with Crippen LogP contribution in [0, 0.1) is 0 Å².